The molecule has 4 nitrogen and oxygen atoms in total. The average Bonchev–Trinajstić information content (AvgIpc) is 2.40. The number of anilines is 1. The Labute approximate surface area is 114 Å². The molecule has 4 heteroatoms. The van der Waals surface area contributed by atoms with Gasteiger partial charge in [0.15, 0.2) is 0 Å². The number of carboxylic acids is 1. The maximum Gasteiger partial charge on any atom is 0.337 e. The number of aromatic carboxylic acids is 1. The fraction of sp³-hybridized carbons (Fsp3) is 0.533. The van der Waals surface area contributed by atoms with Gasteiger partial charge in [-0.3, -0.25) is 4.90 Å². The molecular formula is C15H22N2O2. The molecule has 0 unspecified atom stereocenters. The van der Waals surface area contributed by atoms with Crippen molar-refractivity contribution in [1.82, 2.24) is 4.90 Å². The Hall–Kier alpha value is -1.55. The van der Waals surface area contributed by atoms with Gasteiger partial charge in [-0.25, -0.2) is 4.79 Å². The molecular weight excluding hydrogens is 240 g/mol. The van der Waals surface area contributed by atoms with Gasteiger partial charge in [0.05, 0.1) is 11.3 Å². The second-order valence-electron chi connectivity index (χ2n) is 5.10. The van der Waals surface area contributed by atoms with Crippen LogP contribution >= 0.6 is 0 Å². The molecule has 0 atom stereocenters. The van der Waals surface area contributed by atoms with E-state index in [9.17, 15) is 9.90 Å². The van der Waals surface area contributed by atoms with Crippen molar-refractivity contribution >= 4 is 11.7 Å². The van der Waals surface area contributed by atoms with Crippen LogP contribution in [-0.4, -0.2) is 48.7 Å². The zero-order valence-corrected chi connectivity index (χ0v) is 11.7. The summed E-state index contributed by atoms with van der Waals surface area (Å²) in [6.45, 7) is 9.16. The highest BCUT2D eigenvalue weighted by Gasteiger charge is 2.22. The van der Waals surface area contributed by atoms with Crippen molar-refractivity contribution in [1.29, 1.82) is 0 Å². The third-order valence-electron chi connectivity index (χ3n) is 3.70. The van der Waals surface area contributed by atoms with E-state index in [0.717, 1.165) is 44.0 Å². The van der Waals surface area contributed by atoms with E-state index >= 15 is 0 Å². The van der Waals surface area contributed by atoms with Crippen molar-refractivity contribution in [2.24, 2.45) is 0 Å². The van der Waals surface area contributed by atoms with Crippen molar-refractivity contribution in [2.45, 2.75) is 20.3 Å². The Morgan fingerprint density at radius 2 is 1.95 bits per heavy atom. The summed E-state index contributed by atoms with van der Waals surface area (Å²) in [6.07, 6.45) is 1.17. The van der Waals surface area contributed by atoms with Crippen LogP contribution < -0.4 is 4.90 Å². The van der Waals surface area contributed by atoms with Crippen molar-refractivity contribution in [3.8, 4) is 0 Å². The first-order valence-electron chi connectivity index (χ1n) is 6.93. The van der Waals surface area contributed by atoms with Crippen LogP contribution in [0.1, 0.15) is 29.3 Å². The van der Waals surface area contributed by atoms with E-state index in [4.69, 9.17) is 0 Å². The topological polar surface area (TPSA) is 43.8 Å². The van der Waals surface area contributed by atoms with E-state index < -0.39 is 5.97 Å². The number of carbonyl (C=O) groups is 1. The molecule has 19 heavy (non-hydrogen) atoms. The molecule has 0 radical (unpaired) electrons. The second-order valence-corrected chi connectivity index (χ2v) is 5.10. The molecule has 1 heterocycles. The van der Waals surface area contributed by atoms with Crippen molar-refractivity contribution in [3.05, 3.63) is 29.3 Å². The normalized spacial score (nSPS) is 16.6. The summed E-state index contributed by atoms with van der Waals surface area (Å²) in [5, 5.41) is 9.32. The molecule has 1 aromatic carbocycles. The summed E-state index contributed by atoms with van der Waals surface area (Å²) in [6, 6.07) is 5.50. The predicted octanol–water partition coefficient (Wildman–Crippen LogP) is 2.23. The van der Waals surface area contributed by atoms with Gasteiger partial charge in [-0.2, -0.15) is 0 Å². The average molecular weight is 262 g/mol. The van der Waals surface area contributed by atoms with Crippen LogP contribution in [0.4, 0.5) is 5.69 Å². The minimum absolute atomic E-state index is 0.420. The molecule has 2 rings (SSSR count). The van der Waals surface area contributed by atoms with Gasteiger partial charge in [-0.15, -0.1) is 0 Å². The number of hydrogen-bond donors (Lipinski definition) is 1. The zero-order valence-electron chi connectivity index (χ0n) is 11.7. The molecule has 1 saturated heterocycles. The molecule has 0 aromatic heterocycles. The molecule has 1 N–H and O–H groups in total. The third kappa shape index (κ3) is 3.07. The lowest BCUT2D eigenvalue weighted by Gasteiger charge is -2.37. The molecule has 0 bridgehead atoms. The summed E-state index contributed by atoms with van der Waals surface area (Å²) in [7, 11) is 0. The van der Waals surface area contributed by atoms with Crippen molar-refractivity contribution in [3.63, 3.8) is 0 Å². The first-order valence-corrected chi connectivity index (χ1v) is 6.93. The molecule has 0 aliphatic carbocycles. The summed E-state index contributed by atoms with van der Waals surface area (Å²) in [4.78, 5) is 16.0. The van der Waals surface area contributed by atoms with Gasteiger partial charge in [0, 0.05) is 26.2 Å². The van der Waals surface area contributed by atoms with E-state index in [1.54, 1.807) is 6.07 Å². The molecule has 1 aliphatic rings. The highest BCUT2D eigenvalue weighted by atomic mass is 16.4. The minimum atomic E-state index is -0.838. The molecule has 0 amide bonds. The fourth-order valence-corrected chi connectivity index (χ4v) is 2.76. The van der Waals surface area contributed by atoms with Gasteiger partial charge in [0.2, 0.25) is 0 Å². The maximum atomic E-state index is 11.3. The van der Waals surface area contributed by atoms with E-state index in [1.165, 1.54) is 6.42 Å². The van der Waals surface area contributed by atoms with Crippen LogP contribution in [0.5, 0.6) is 0 Å². The molecule has 1 aromatic rings. The number of rotatable bonds is 4. The molecule has 104 valence electrons. The van der Waals surface area contributed by atoms with E-state index in [2.05, 4.69) is 16.7 Å². The Bertz CT molecular complexity index is 451. The van der Waals surface area contributed by atoms with E-state index in [0.29, 0.717) is 5.56 Å². The fourth-order valence-electron chi connectivity index (χ4n) is 2.76. The third-order valence-corrected chi connectivity index (χ3v) is 3.70. The van der Waals surface area contributed by atoms with Crippen LogP contribution in [0.25, 0.3) is 0 Å². The SMILES string of the molecule is CCCN1CCN(c2c(C)cccc2C(=O)O)CC1. The minimum Gasteiger partial charge on any atom is -0.478 e. The molecule has 0 spiro atoms. The molecule has 1 fully saturated rings. The number of nitrogens with zero attached hydrogens (tertiary/aromatic N) is 2. The van der Waals surface area contributed by atoms with Crippen molar-refractivity contribution < 1.29 is 9.90 Å². The predicted molar refractivity (Wildman–Crippen MR) is 77.1 cm³/mol. The summed E-state index contributed by atoms with van der Waals surface area (Å²) < 4.78 is 0. The Morgan fingerprint density at radius 1 is 1.26 bits per heavy atom. The summed E-state index contributed by atoms with van der Waals surface area (Å²) >= 11 is 0. The van der Waals surface area contributed by atoms with Crippen LogP contribution in [0.15, 0.2) is 18.2 Å². The monoisotopic (exact) mass is 262 g/mol. The van der Waals surface area contributed by atoms with Gasteiger partial charge in [0.1, 0.15) is 0 Å². The van der Waals surface area contributed by atoms with Gasteiger partial charge in [-0.05, 0) is 31.5 Å². The van der Waals surface area contributed by atoms with Crippen LogP contribution in [0, 0.1) is 6.92 Å². The standard InChI is InChI=1S/C15H22N2O2/c1-3-7-16-8-10-17(11-9-16)14-12(2)5-4-6-13(14)15(18)19/h4-6H,3,7-11H2,1-2H3,(H,18,19). The van der Waals surface area contributed by atoms with E-state index in [-0.39, 0.29) is 0 Å². The Kier molecular flexibility index (Phi) is 4.43. The number of para-hydroxylation sites is 1. The largest absolute Gasteiger partial charge is 0.478 e. The lowest BCUT2D eigenvalue weighted by molar-refractivity contribution is 0.0697. The van der Waals surface area contributed by atoms with Gasteiger partial charge in [-0.1, -0.05) is 19.1 Å². The van der Waals surface area contributed by atoms with Crippen molar-refractivity contribution in [2.75, 3.05) is 37.6 Å². The number of carboxylic acid groups (broad SMARTS) is 1. The quantitative estimate of drug-likeness (QED) is 0.903. The first kappa shape index (κ1) is 13.9. The Morgan fingerprint density at radius 3 is 2.53 bits per heavy atom. The van der Waals surface area contributed by atoms with Gasteiger partial charge < -0.3 is 10.0 Å². The summed E-state index contributed by atoms with van der Waals surface area (Å²) in [5.74, 6) is -0.838. The second kappa shape index (κ2) is 6.06. The van der Waals surface area contributed by atoms with Gasteiger partial charge >= 0.3 is 5.97 Å². The van der Waals surface area contributed by atoms with E-state index in [1.807, 2.05) is 19.1 Å². The highest BCUT2D eigenvalue weighted by molar-refractivity contribution is 5.95. The Balaban J connectivity index is 2.17. The summed E-state index contributed by atoms with van der Waals surface area (Å²) in [5.41, 5.74) is 2.36. The number of hydrogen-bond acceptors (Lipinski definition) is 3. The molecule has 1 aliphatic heterocycles. The van der Waals surface area contributed by atoms with Crippen LogP contribution in [0.2, 0.25) is 0 Å². The number of benzene rings is 1. The highest BCUT2D eigenvalue weighted by Crippen LogP contribution is 2.26. The van der Waals surface area contributed by atoms with Gasteiger partial charge in [0.25, 0.3) is 0 Å². The maximum absolute atomic E-state index is 11.3. The number of piperazine rings is 1. The lowest BCUT2D eigenvalue weighted by Crippen LogP contribution is -2.47. The first-order chi connectivity index (χ1) is 9.13. The zero-order chi connectivity index (χ0) is 13.8. The lowest BCUT2D eigenvalue weighted by atomic mass is 10.1. The van der Waals surface area contributed by atoms with Crippen LogP contribution in [-0.2, 0) is 0 Å². The number of aryl methyl sites for hydroxylation is 1. The smallest absolute Gasteiger partial charge is 0.337 e. The van der Waals surface area contributed by atoms with Crippen LogP contribution in [0.3, 0.4) is 0 Å². The molecule has 0 saturated carbocycles.